The second-order valence-corrected chi connectivity index (χ2v) is 5.19. The van der Waals surface area contributed by atoms with Crippen molar-refractivity contribution in [3.63, 3.8) is 0 Å². The van der Waals surface area contributed by atoms with E-state index in [0.717, 1.165) is 23.9 Å². The Morgan fingerprint density at radius 1 is 1.35 bits per heavy atom. The van der Waals surface area contributed by atoms with E-state index < -0.39 is 0 Å². The van der Waals surface area contributed by atoms with Gasteiger partial charge in [-0.15, -0.1) is 0 Å². The topological polar surface area (TPSA) is 63.8 Å². The number of para-hydroxylation sites is 2. The Morgan fingerprint density at radius 3 is 2.76 bits per heavy atom. The van der Waals surface area contributed by atoms with Gasteiger partial charge in [0.15, 0.2) is 0 Å². The third kappa shape index (κ3) is 2.77. The van der Waals surface area contributed by atoms with E-state index in [1.54, 1.807) is 4.57 Å². The highest BCUT2D eigenvalue weighted by atomic mass is 16.1. The van der Waals surface area contributed by atoms with Gasteiger partial charge in [-0.3, -0.25) is 4.57 Å². The van der Waals surface area contributed by atoms with Crippen LogP contribution in [-0.4, -0.2) is 15.1 Å². The number of aryl methyl sites for hydroxylation is 1. The second-order valence-electron chi connectivity index (χ2n) is 5.19. The van der Waals surface area contributed by atoms with Crippen molar-refractivity contribution in [1.82, 2.24) is 9.55 Å². The van der Waals surface area contributed by atoms with Crippen LogP contribution in [0.25, 0.3) is 11.0 Å². The summed E-state index contributed by atoms with van der Waals surface area (Å²) in [6.45, 7) is 4.72. The molecule has 4 heteroatoms. The molecule has 0 fully saturated rings. The fraction of sp³-hybridized carbons (Fsp3) is 0.462. The number of rotatable bonds is 4. The lowest BCUT2D eigenvalue weighted by Gasteiger charge is -2.17. The average molecular weight is 233 g/mol. The van der Waals surface area contributed by atoms with Gasteiger partial charge >= 0.3 is 5.69 Å². The molecule has 0 aliphatic heterocycles. The largest absolute Gasteiger partial charge is 0.326 e. The van der Waals surface area contributed by atoms with Gasteiger partial charge < -0.3 is 10.7 Å². The molecule has 2 aromatic rings. The van der Waals surface area contributed by atoms with Gasteiger partial charge in [0.1, 0.15) is 0 Å². The molecule has 0 radical (unpaired) electrons. The van der Waals surface area contributed by atoms with Gasteiger partial charge in [0.05, 0.1) is 11.0 Å². The van der Waals surface area contributed by atoms with Crippen molar-refractivity contribution < 1.29 is 0 Å². The van der Waals surface area contributed by atoms with Gasteiger partial charge in [-0.2, -0.15) is 0 Å². The summed E-state index contributed by atoms with van der Waals surface area (Å²) < 4.78 is 1.78. The minimum Gasteiger partial charge on any atom is -0.326 e. The zero-order valence-corrected chi connectivity index (χ0v) is 10.4. The number of hydrogen-bond acceptors (Lipinski definition) is 2. The fourth-order valence-corrected chi connectivity index (χ4v) is 2.02. The number of nitrogens with zero attached hydrogens (tertiary/aromatic N) is 1. The maximum absolute atomic E-state index is 11.8. The Hall–Kier alpha value is -1.55. The van der Waals surface area contributed by atoms with Crippen LogP contribution in [0.1, 0.15) is 26.7 Å². The van der Waals surface area contributed by atoms with Crippen LogP contribution in [0.4, 0.5) is 0 Å². The van der Waals surface area contributed by atoms with E-state index >= 15 is 0 Å². The molecule has 0 unspecified atom stereocenters. The van der Waals surface area contributed by atoms with E-state index in [4.69, 9.17) is 5.73 Å². The van der Waals surface area contributed by atoms with Crippen LogP contribution in [-0.2, 0) is 6.54 Å². The molecule has 1 aromatic heterocycles. The van der Waals surface area contributed by atoms with E-state index in [0.29, 0.717) is 6.54 Å². The van der Waals surface area contributed by atoms with E-state index in [2.05, 4.69) is 4.98 Å². The molecule has 0 bridgehead atoms. The fourth-order valence-electron chi connectivity index (χ4n) is 2.02. The summed E-state index contributed by atoms with van der Waals surface area (Å²) >= 11 is 0. The summed E-state index contributed by atoms with van der Waals surface area (Å²) in [6.07, 6.45) is 1.81. The molecule has 0 saturated carbocycles. The van der Waals surface area contributed by atoms with Gasteiger partial charge in [-0.25, -0.2) is 4.79 Å². The zero-order chi connectivity index (χ0) is 12.5. The Labute approximate surface area is 100 Å². The number of H-pyrrole nitrogens is 1. The monoisotopic (exact) mass is 233 g/mol. The number of nitrogens with two attached hydrogens (primary N) is 1. The van der Waals surface area contributed by atoms with Gasteiger partial charge in [-0.05, 0) is 38.8 Å². The van der Waals surface area contributed by atoms with Crippen molar-refractivity contribution in [3.05, 3.63) is 34.7 Å². The molecule has 0 spiro atoms. The van der Waals surface area contributed by atoms with Crippen molar-refractivity contribution in [2.75, 3.05) is 0 Å². The normalized spacial score (nSPS) is 12.2. The van der Waals surface area contributed by atoms with Gasteiger partial charge in [-0.1, -0.05) is 12.1 Å². The summed E-state index contributed by atoms with van der Waals surface area (Å²) in [7, 11) is 0. The van der Waals surface area contributed by atoms with Crippen molar-refractivity contribution in [3.8, 4) is 0 Å². The lowest BCUT2D eigenvalue weighted by molar-refractivity contribution is 0.438. The number of fused-ring (bicyclic) bond motifs is 1. The summed E-state index contributed by atoms with van der Waals surface area (Å²) in [5.74, 6) is 0. The summed E-state index contributed by atoms with van der Waals surface area (Å²) in [4.78, 5) is 14.6. The molecule has 0 amide bonds. The van der Waals surface area contributed by atoms with Crippen LogP contribution in [0.15, 0.2) is 29.1 Å². The highest BCUT2D eigenvalue weighted by Gasteiger charge is 2.11. The first-order valence-corrected chi connectivity index (χ1v) is 5.94. The third-order valence-electron chi connectivity index (χ3n) is 2.88. The molecule has 2 rings (SSSR count). The minimum atomic E-state index is -0.171. The Bertz CT molecular complexity index is 560. The number of aromatic nitrogens is 2. The molecule has 1 aromatic carbocycles. The van der Waals surface area contributed by atoms with Crippen molar-refractivity contribution in [2.24, 2.45) is 5.73 Å². The zero-order valence-electron chi connectivity index (χ0n) is 10.4. The summed E-state index contributed by atoms with van der Waals surface area (Å²) in [5.41, 5.74) is 7.58. The average Bonchev–Trinajstić information content (AvgIpc) is 2.54. The van der Waals surface area contributed by atoms with Crippen LogP contribution in [0.2, 0.25) is 0 Å². The van der Waals surface area contributed by atoms with Crippen LogP contribution in [0.3, 0.4) is 0 Å². The van der Waals surface area contributed by atoms with E-state index in [9.17, 15) is 4.79 Å². The van der Waals surface area contributed by atoms with Crippen molar-refractivity contribution in [1.29, 1.82) is 0 Å². The van der Waals surface area contributed by atoms with Gasteiger partial charge in [0.2, 0.25) is 0 Å². The van der Waals surface area contributed by atoms with E-state index in [-0.39, 0.29) is 11.2 Å². The predicted molar refractivity (Wildman–Crippen MR) is 70.1 cm³/mol. The number of benzene rings is 1. The lowest BCUT2D eigenvalue weighted by atomic mass is 10.0. The van der Waals surface area contributed by atoms with E-state index in [1.165, 1.54) is 0 Å². The number of imidazole rings is 1. The van der Waals surface area contributed by atoms with Gasteiger partial charge in [0, 0.05) is 12.1 Å². The SMILES string of the molecule is CC(C)(N)CCCn1c(=O)[nH]c2ccccc21. The molecule has 0 saturated heterocycles. The second kappa shape index (κ2) is 4.37. The molecule has 92 valence electrons. The van der Waals surface area contributed by atoms with Crippen LogP contribution >= 0.6 is 0 Å². The molecular weight excluding hydrogens is 214 g/mol. The predicted octanol–water partition coefficient (Wildman–Crippen LogP) is 1.85. The number of nitrogens with one attached hydrogen (secondary N) is 1. The highest BCUT2D eigenvalue weighted by molar-refractivity contribution is 5.74. The molecule has 0 atom stereocenters. The Morgan fingerprint density at radius 2 is 2.06 bits per heavy atom. The standard InChI is InChI=1S/C13H19N3O/c1-13(2,14)8-5-9-16-11-7-4-3-6-10(11)15-12(16)17/h3-4,6-7H,5,8-9,14H2,1-2H3,(H,15,17). The summed E-state index contributed by atoms with van der Waals surface area (Å²) in [6, 6.07) is 7.74. The first-order chi connectivity index (χ1) is 7.97. The maximum atomic E-state index is 11.8. The molecule has 0 aliphatic rings. The molecule has 3 N–H and O–H groups in total. The number of hydrogen-bond donors (Lipinski definition) is 2. The number of aromatic amines is 1. The molecule has 17 heavy (non-hydrogen) atoms. The Balaban J connectivity index is 2.19. The maximum Gasteiger partial charge on any atom is 0.326 e. The third-order valence-corrected chi connectivity index (χ3v) is 2.88. The first kappa shape index (κ1) is 11.9. The molecule has 4 nitrogen and oxygen atoms in total. The first-order valence-electron chi connectivity index (χ1n) is 5.94. The van der Waals surface area contributed by atoms with Gasteiger partial charge in [0.25, 0.3) is 0 Å². The van der Waals surface area contributed by atoms with Crippen LogP contribution in [0, 0.1) is 0 Å². The lowest BCUT2D eigenvalue weighted by Crippen LogP contribution is -2.32. The molecular formula is C13H19N3O. The van der Waals surface area contributed by atoms with Crippen LogP contribution in [0.5, 0.6) is 0 Å². The van der Waals surface area contributed by atoms with E-state index in [1.807, 2.05) is 38.1 Å². The minimum absolute atomic E-state index is 0.0407. The quantitative estimate of drug-likeness (QED) is 0.846. The van der Waals surface area contributed by atoms with Crippen molar-refractivity contribution >= 4 is 11.0 Å². The summed E-state index contributed by atoms with van der Waals surface area (Å²) in [5, 5.41) is 0. The Kier molecular flexibility index (Phi) is 3.07. The molecule has 1 heterocycles. The van der Waals surface area contributed by atoms with Crippen molar-refractivity contribution in [2.45, 2.75) is 38.8 Å². The smallest absolute Gasteiger partial charge is 0.326 e. The molecule has 0 aliphatic carbocycles. The van der Waals surface area contributed by atoms with Crippen LogP contribution < -0.4 is 11.4 Å². The highest BCUT2D eigenvalue weighted by Crippen LogP contribution is 2.12.